The number of hydrogen-bond donors (Lipinski definition) is 3. The molecule has 0 radical (unpaired) electrons. The van der Waals surface area contributed by atoms with Gasteiger partial charge in [-0.2, -0.15) is 15.2 Å². The van der Waals surface area contributed by atoms with Crippen molar-refractivity contribution in [1.82, 2.24) is 39.5 Å². The lowest BCUT2D eigenvalue weighted by Crippen LogP contribution is -2.43. The van der Waals surface area contributed by atoms with Gasteiger partial charge in [0.1, 0.15) is 28.8 Å². The fourth-order valence-corrected chi connectivity index (χ4v) is 6.42. The number of fused-ring (bicyclic) bond motifs is 2. The summed E-state index contributed by atoms with van der Waals surface area (Å²) in [7, 11) is 2.90. The van der Waals surface area contributed by atoms with Gasteiger partial charge in [-0.25, -0.2) is 28.1 Å². The second-order valence-corrected chi connectivity index (χ2v) is 13.2. The third kappa shape index (κ3) is 7.26. The van der Waals surface area contributed by atoms with Crippen molar-refractivity contribution in [3.05, 3.63) is 120 Å². The minimum atomic E-state index is -1.81. The average Bonchev–Trinajstić information content (AvgIpc) is 3.96. The summed E-state index contributed by atoms with van der Waals surface area (Å²) in [5.74, 6) is -1.95. The van der Waals surface area contributed by atoms with E-state index >= 15 is 0 Å². The molecule has 1 unspecified atom stereocenters. The Hall–Kier alpha value is -7.64. The number of H-pyrrole nitrogens is 2. The lowest BCUT2D eigenvalue weighted by Gasteiger charge is -2.18. The first-order valence-electron chi connectivity index (χ1n) is 17.9. The molecule has 0 bridgehead atoms. The SMILES string of the molecule is CCOC(=O)C1(C)C(=O)Nc2nc(-c3cc(OC)n(Cc4ccccc4F)n3)[nH]c(=O)c21.COc1cc(-c2nc3c(c(=O)[nH]2)=C(C)C(=O)N=3)nn1Cc1ccccc1F. The zero-order chi connectivity index (χ0) is 42.2. The lowest BCUT2D eigenvalue weighted by atomic mass is 9.85. The molecule has 0 aliphatic carbocycles. The van der Waals surface area contributed by atoms with Gasteiger partial charge in [-0.05, 0) is 32.9 Å². The van der Waals surface area contributed by atoms with Crippen molar-refractivity contribution in [1.29, 1.82) is 0 Å². The molecule has 2 aliphatic rings. The number of carbonyl (C=O) groups is 3. The Labute approximate surface area is 331 Å². The van der Waals surface area contributed by atoms with Crippen LogP contribution in [0.1, 0.15) is 37.5 Å². The minimum absolute atomic E-state index is 0.0488. The Bertz CT molecular complexity index is 2940. The number of benzene rings is 2. The van der Waals surface area contributed by atoms with E-state index in [1.165, 1.54) is 55.6 Å². The van der Waals surface area contributed by atoms with Gasteiger partial charge in [0.15, 0.2) is 22.6 Å². The third-order valence-corrected chi connectivity index (χ3v) is 9.54. The number of esters is 1. The second-order valence-electron chi connectivity index (χ2n) is 13.2. The topological polar surface area (TPSA) is 230 Å². The maximum atomic E-state index is 14.1. The van der Waals surface area contributed by atoms with Crippen molar-refractivity contribution in [2.24, 2.45) is 4.99 Å². The molecular formula is C39H34F2N10O8. The number of carbonyl (C=O) groups excluding carboxylic acids is 3. The maximum Gasteiger partial charge on any atom is 0.326 e. The molecule has 302 valence electrons. The largest absolute Gasteiger partial charge is 0.481 e. The number of rotatable bonds is 10. The van der Waals surface area contributed by atoms with Crippen LogP contribution in [-0.2, 0) is 37.6 Å². The number of ether oxygens (including phenoxy) is 3. The van der Waals surface area contributed by atoms with E-state index in [1.54, 1.807) is 49.4 Å². The van der Waals surface area contributed by atoms with Crippen LogP contribution in [0, 0.1) is 11.6 Å². The Morgan fingerprint density at radius 2 is 1.32 bits per heavy atom. The fourth-order valence-electron chi connectivity index (χ4n) is 6.42. The number of methoxy groups -OCH3 is 2. The van der Waals surface area contributed by atoms with Crippen LogP contribution in [0.15, 0.2) is 75.2 Å². The molecule has 0 saturated heterocycles. The molecule has 3 N–H and O–H groups in total. The molecule has 4 aromatic heterocycles. The second kappa shape index (κ2) is 15.7. The number of amides is 2. The summed E-state index contributed by atoms with van der Waals surface area (Å²) >= 11 is 0. The zero-order valence-electron chi connectivity index (χ0n) is 32.0. The normalized spacial score (nSPS) is 15.1. The third-order valence-electron chi connectivity index (χ3n) is 9.54. The Morgan fingerprint density at radius 1 is 0.797 bits per heavy atom. The minimum Gasteiger partial charge on any atom is -0.481 e. The molecule has 2 aromatic carbocycles. The first kappa shape index (κ1) is 39.6. The molecule has 59 heavy (non-hydrogen) atoms. The number of aromatic amines is 2. The van der Waals surface area contributed by atoms with Crippen LogP contribution in [0.5, 0.6) is 11.8 Å². The number of hydrogen-bond acceptors (Lipinski definition) is 12. The van der Waals surface area contributed by atoms with Crippen LogP contribution in [0.25, 0.3) is 28.6 Å². The van der Waals surface area contributed by atoms with E-state index in [2.05, 4.69) is 40.4 Å². The van der Waals surface area contributed by atoms with Crippen LogP contribution < -0.4 is 36.6 Å². The summed E-state index contributed by atoms with van der Waals surface area (Å²) in [6, 6.07) is 15.7. The van der Waals surface area contributed by atoms with Crippen LogP contribution in [-0.4, -0.2) is 78.1 Å². The number of halogens is 2. The summed E-state index contributed by atoms with van der Waals surface area (Å²) in [4.78, 5) is 79.3. The van der Waals surface area contributed by atoms with Gasteiger partial charge in [0.25, 0.3) is 17.0 Å². The maximum absolute atomic E-state index is 14.1. The van der Waals surface area contributed by atoms with Gasteiger partial charge < -0.3 is 29.5 Å². The predicted octanol–water partition coefficient (Wildman–Crippen LogP) is 1.76. The molecule has 2 amide bonds. The van der Waals surface area contributed by atoms with Gasteiger partial charge in [0.05, 0.1) is 44.7 Å². The van der Waals surface area contributed by atoms with E-state index in [4.69, 9.17) is 14.2 Å². The first-order chi connectivity index (χ1) is 28.3. The van der Waals surface area contributed by atoms with Crippen LogP contribution in [0.3, 0.4) is 0 Å². The molecular weight excluding hydrogens is 774 g/mol. The Morgan fingerprint density at radius 3 is 1.85 bits per heavy atom. The number of anilines is 1. The van der Waals surface area contributed by atoms with E-state index in [0.717, 1.165) is 0 Å². The molecule has 0 saturated carbocycles. The first-order valence-corrected chi connectivity index (χ1v) is 17.9. The van der Waals surface area contributed by atoms with Crippen molar-refractivity contribution >= 4 is 29.2 Å². The highest BCUT2D eigenvalue weighted by Crippen LogP contribution is 2.36. The summed E-state index contributed by atoms with van der Waals surface area (Å²) in [6.45, 7) is 4.73. The predicted molar refractivity (Wildman–Crippen MR) is 204 cm³/mol. The Balaban J connectivity index is 0.000000181. The quantitative estimate of drug-likeness (QED) is 0.133. The standard InChI is InChI=1S/C21H20FN5O5.C18H14FN5O3/c1-4-32-20(30)21(2)15-17(25-19(21)29)23-16(24-18(15)28)13-9-14(31-3)27(26-13)10-11-7-5-6-8-12(11)22;1-9-14-16(22-17(9)25)20-15(21-18(14)26)12-7-13(27-2)24(23-12)8-10-5-3-4-6-11(10)19/h5-9H,4,10H2,1-3H3,(H2,23,24,25,28,29);3-7H,8H2,1-2H3,(H,20,21,22,25,26). The van der Waals surface area contributed by atoms with Crippen LogP contribution in [0.4, 0.5) is 14.6 Å². The van der Waals surface area contributed by atoms with Crippen LogP contribution in [0.2, 0.25) is 0 Å². The summed E-state index contributed by atoms with van der Waals surface area (Å²) in [5, 5.41) is 11.4. The van der Waals surface area contributed by atoms with Crippen molar-refractivity contribution in [3.8, 4) is 34.8 Å². The average molecular weight is 809 g/mol. The highest BCUT2D eigenvalue weighted by Gasteiger charge is 2.53. The van der Waals surface area contributed by atoms with Crippen molar-refractivity contribution in [3.63, 3.8) is 0 Å². The molecule has 2 aliphatic heterocycles. The van der Waals surface area contributed by atoms with Crippen molar-refractivity contribution in [2.45, 2.75) is 39.3 Å². The molecule has 6 heterocycles. The summed E-state index contributed by atoms with van der Waals surface area (Å²) < 4.78 is 46.5. The molecule has 0 spiro atoms. The number of nitrogens with zero attached hydrogens (tertiary/aromatic N) is 7. The molecule has 20 heteroatoms. The van der Waals surface area contributed by atoms with E-state index in [9.17, 15) is 32.8 Å². The van der Waals surface area contributed by atoms with Crippen molar-refractivity contribution in [2.75, 3.05) is 26.1 Å². The summed E-state index contributed by atoms with van der Waals surface area (Å²) in [6.07, 6.45) is 0. The fraction of sp³-hybridized carbons (Fsp3) is 0.231. The van der Waals surface area contributed by atoms with Gasteiger partial charge in [0.2, 0.25) is 17.7 Å². The molecule has 18 nitrogen and oxygen atoms in total. The smallest absolute Gasteiger partial charge is 0.326 e. The van der Waals surface area contributed by atoms with Crippen LogP contribution >= 0.6 is 0 Å². The van der Waals surface area contributed by atoms with Gasteiger partial charge in [-0.3, -0.25) is 24.0 Å². The zero-order valence-corrected chi connectivity index (χ0v) is 32.0. The van der Waals surface area contributed by atoms with Crippen molar-refractivity contribution < 1.29 is 37.4 Å². The number of nitrogens with one attached hydrogen (secondary N) is 3. The number of aromatic nitrogens is 8. The van der Waals surface area contributed by atoms with E-state index < -0.39 is 40.1 Å². The van der Waals surface area contributed by atoms with E-state index in [1.807, 2.05) is 0 Å². The monoisotopic (exact) mass is 808 g/mol. The lowest BCUT2D eigenvalue weighted by molar-refractivity contribution is -0.152. The highest BCUT2D eigenvalue weighted by atomic mass is 19.1. The van der Waals surface area contributed by atoms with Gasteiger partial charge in [-0.15, -0.1) is 0 Å². The van der Waals surface area contributed by atoms with Gasteiger partial charge in [0, 0.05) is 28.8 Å². The van der Waals surface area contributed by atoms with E-state index in [-0.39, 0.29) is 70.5 Å². The molecule has 6 aromatic rings. The molecule has 1 atom stereocenters. The van der Waals surface area contributed by atoms with E-state index in [0.29, 0.717) is 28.6 Å². The van der Waals surface area contributed by atoms with Gasteiger partial charge >= 0.3 is 5.97 Å². The van der Waals surface area contributed by atoms with Gasteiger partial charge in [-0.1, -0.05) is 36.4 Å². The molecule has 0 fully saturated rings. The summed E-state index contributed by atoms with van der Waals surface area (Å²) in [5.41, 5.74) is -1.38. The highest BCUT2D eigenvalue weighted by molar-refractivity contribution is 6.18. The Kier molecular flexibility index (Phi) is 10.5. The molecule has 8 rings (SSSR count).